The number of fused-ring (bicyclic) bond motifs is 1. The van der Waals surface area contributed by atoms with Crippen molar-refractivity contribution >= 4 is 23.2 Å². The Bertz CT molecular complexity index is 946. The lowest BCUT2D eigenvalue weighted by atomic mass is 10.1. The number of ether oxygens (including phenoxy) is 1. The van der Waals surface area contributed by atoms with Gasteiger partial charge in [0.05, 0.1) is 17.9 Å². The molecule has 1 atom stereocenters. The standard InChI is InChI=1S/C18H18N2O6.CH5N/c1-10-16(25-9-19-10)8-24-13-3-4-15-14(5-13)17(11(2)26-15)18(23)20-12(6-21)7-22;1-2/h3-6,9,12,22H,7-8H2,1-2H3,(H,20,23);2H2,1H3. The molecule has 28 heavy (non-hydrogen) atoms. The molecule has 1 unspecified atom stereocenters. The average molecular weight is 389 g/mol. The van der Waals surface area contributed by atoms with Crippen LogP contribution in [0.4, 0.5) is 0 Å². The third kappa shape index (κ3) is 4.56. The number of aromatic nitrogens is 1. The fourth-order valence-corrected chi connectivity index (χ4v) is 2.55. The second-order valence-electron chi connectivity index (χ2n) is 5.74. The van der Waals surface area contributed by atoms with Crippen molar-refractivity contribution in [1.29, 1.82) is 0 Å². The summed E-state index contributed by atoms with van der Waals surface area (Å²) in [5.74, 6) is 1.04. The largest absolute Gasteiger partial charge is 0.486 e. The zero-order valence-corrected chi connectivity index (χ0v) is 15.9. The van der Waals surface area contributed by atoms with E-state index in [4.69, 9.17) is 18.7 Å². The zero-order valence-electron chi connectivity index (χ0n) is 15.9. The van der Waals surface area contributed by atoms with Crippen molar-refractivity contribution in [2.45, 2.75) is 26.5 Å². The van der Waals surface area contributed by atoms with Crippen molar-refractivity contribution in [1.82, 2.24) is 10.3 Å². The first-order chi connectivity index (χ1) is 13.5. The first-order valence-corrected chi connectivity index (χ1v) is 8.53. The van der Waals surface area contributed by atoms with Gasteiger partial charge in [0.1, 0.15) is 36.0 Å². The van der Waals surface area contributed by atoms with E-state index in [1.54, 1.807) is 25.1 Å². The fourth-order valence-electron chi connectivity index (χ4n) is 2.55. The Kier molecular flexibility index (Phi) is 7.30. The molecule has 2 heterocycles. The lowest BCUT2D eigenvalue weighted by Gasteiger charge is -2.09. The van der Waals surface area contributed by atoms with Crippen LogP contribution in [0.5, 0.6) is 5.75 Å². The Morgan fingerprint density at radius 3 is 2.75 bits per heavy atom. The van der Waals surface area contributed by atoms with Crippen LogP contribution in [0.25, 0.3) is 11.0 Å². The Balaban J connectivity index is 0.00000136. The summed E-state index contributed by atoms with van der Waals surface area (Å²) >= 11 is 0. The van der Waals surface area contributed by atoms with E-state index in [2.05, 4.69) is 16.0 Å². The van der Waals surface area contributed by atoms with Gasteiger partial charge in [0.15, 0.2) is 12.2 Å². The number of nitrogens with two attached hydrogens (primary N) is 1. The summed E-state index contributed by atoms with van der Waals surface area (Å²) in [5.41, 5.74) is 6.05. The van der Waals surface area contributed by atoms with Gasteiger partial charge < -0.3 is 34.5 Å². The highest BCUT2D eigenvalue weighted by Gasteiger charge is 2.21. The first kappa shape index (κ1) is 21.1. The number of benzene rings is 1. The van der Waals surface area contributed by atoms with Gasteiger partial charge in [-0.25, -0.2) is 4.98 Å². The number of aldehydes is 1. The van der Waals surface area contributed by atoms with Gasteiger partial charge in [-0.15, -0.1) is 0 Å². The number of nitrogens with zero attached hydrogens (tertiary/aromatic N) is 1. The Morgan fingerprint density at radius 1 is 1.39 bits per heavy atom. The molecule has 9 nitrogen and oxygen atoms in total. The molecule has 0 saturated carbocycles. The molecule has 1 amide bonds. The Morgan fingerprint density at radius 2 is 2.14 bits per heavy atom. The van der Waals surface area contributed by atoms with Gasteiger partial charge in [0.25, 0.3) is 5.91 Å². The number of oxazole rings is 1. The maximum absolute atomic E-state index is 12.5. The van der Waals surface area contributed by atoms with E-state index in [1.165, 1.54) is 13.4 Å². The molecule has 3 rings (SSSR count). The van der Waals surface area contributed by atoms with E-state index >= 15 is 0 Å². The fraction of sp³-hybridized carbons (Fsp3) is 0.316. The van der Waals surface area contributed by atoms with Gasteiger partial charge in [0, 0.05) is 5.39 Å². The SMILES string of the molecule is CN.Cc1ncoc1COc1ccc2oc(C)c(C(=O)NC(C=O)CO)c2c1. The predicted octanol–water partition coefficient (Wildman–Crippen LogP) is 1.48. The molecule has 9 heteroatoms. The third-order valence-electron chi connectivity index (χ3n) is 3.95. The third-order valence-corrected chi connectivity index (χ3v) is 3.95. The van der Waals surface area contributed by atoms with E-state index in [-0.39, 0.29) is 6.61 Å². The van der Waals surface area contributed by atoms with Crippen LogP contribution in [-0.4, -0.2) is 42.0 Å². The van der Waals surface area contributed by atoms with Crippen LogP contribution in [0.2, 0.25) is 0 Å². The number of hydrogen-bond donors (Lipinski definition) is 3. The number of carbonyl (C=O) groups is 2. The van der Waals surface area contributed by atoms with Gasteiger partial charge in [-0.05, 0) is 39.1 Å². The highest BCUT2D eigenvalue weighted by atomic mass is 16.5. The maximum Gasteiger partial charge on any atom is 0.256 e. The number of aryl methyl sites for hydroxylation is 2. The molecule has 1 aromatic carbocycles. The molecule has 0 aliphatic heterocycles. The number of hydrogen-bond acceptors (Lipinski definition) is 8. The summed E-state index contributed by atoms with van der Waals surface area (Å²) in [6.07, 6.45) is 1.83. The van der Waals surface area contributed by atoms with Gasteiger partial charge >= 0.3 is 0 Å². The summed E-state index contributed by atoms with van der Waals surface area (Å²) in [6.45, 7) is 3.20. The van der Waals surface area contributed by atoms with E-state index in [0.29, 0.717) is 40.1 Å². The van der Waals surface area contributed by atoms with Crippen molar-refractivity contribution in [3.05, 3.63) is 47.4 Å². The molecular weight excluding hydrogens is 366 g/mol. The molecular formula is C19H23N3O6. The average Bonchev–Trinajstić information content (AvgIpc) is 3.27. The number of rotatable bonds is 7. The quantitative estimate of drug-likeness (QED) is 0.516. The summed E-state index contributed by atoms with van der Waals surface area (Å²) in [6, 6.07) is 4.13. The molecule has 0 fully saturated rings. The topological polar surface area (TPSA) is 141 Å². The second kappa shape index (κ2) is 9.67. The van der Waals surface area contributed by atoms with Gasteiger partial charge in [-0.3, -0.25) is 4.79 Å². The Labute approximate surface area is 161 Å². The molecule has 4 N–H and O–H groups in total. The van der Waals surface area contributed by atoms with E-state index in [0.717, 1.165) is 5.69 Å². The summed E-state index contributed by atoms with van der Waals surface area (Å²) in [7, 11) is 1.50. The molecule has 0 radical (unpaired) electrons. The number of aliphatic hydroxyl groups is 1. The van der Waals surface area contributed by atoms with Crippen LogP contribution in [0, 0.1) is 13.8 Å². The van der Waals surface area contributed by atoms with Crippen LogP contribution in [-0.2, 0) is 11.4 Å². The molecule has 2 aromatic heterocycles. The molecule has 0 bridgehead atoms. The molecule has 0 saturated heterocycles. The van der Waals surface area contributed by atoms with Crippen molar-refractivity contribution in [3.8, 4) is 5.75 Å². The number of amides is 1. The second-order valence-corrected chi connectivity index (χ2v) is 5.74. The van der Waals surface area contributed by atoms with Crippen molar-refractivity contribution in [3.63, 3.8) is 0 Å². The van der Waals surface area contributed by atoms with Crippen molar-refractivity contribution < 1.29 is 28.3 Å². The number of furan rings is 1. The summed E-state index contributed by atoms with van der Waals surface area (Å²) in [5, 5.41) is 12.1. The summed E-state index contributed by atoms with van der Waals surface area (Å²) < 4.78 is 16.5. The van der Waals surface area contributed by atoms with Crippen molar-refractivity contribution in [2.75, 3.05) is 13.7 Å². The minimum Gasteiger partial charge on any atom is -0.486 e. The van der Waals surface area contributed by atoms with E-state index in [1.807, 2.05) is 6.92 Å². The molecule has 0 aliphatic rings. The maximum atomic E-state index is 12.5. The monoisotopic (exact) mass is 389 g/mol. The minimum atomic E-state index is -0.972. The lowest BCUT2D eigenvalue weighted by molar-refractivity contribution is -0.110. The number of aliphatic hydroxyl groups excluding tert-OH is 1. The van der Waals surface area contributed by atoms with Crippen LogP contribution < -0.4 is 15.8 Å². The molecule has 3 aromatic rings. The van der Waals surface area contributed by atoms with Crippen molar-refractivity contribution in [2.24, 2.45) is 5.73 Å². The van der Waals surface area contributed by atoms with Gasteiger partial charge in [-0.2, -0.15) is 0 Å². The highest BCUT2D eigenvalue weighted by Crippen LogP contribution is 2.29. The summed E-state index contributed by atoms with van der Waals surface area (Å²) in [4.78, 5) is 27.3. The number of nitrogens with one attached hydrogen (secondary N) is 1. The predicted molar refractivity (Wildman–Crippen MR) is 101 cm³/mol. The minimum absolute atomic E-state index is 0.202. The van der Waals surface area contributed by atoms with E-state index < -0.39 is 18.6 Å². The van der Waals surface area contributed by atoms with Gasteiger partial charge in [0.2, 0.25) is 0 Å². The smallest absolute Gasteiger partial charge is 0.256 e. The van der Waals surface area contributed by atoms with Crippen LogP contribution in [0.15, 0.2) is 33.4 Å². The zero-order chi connectivity index (χ0) is 20.7. The normalized spacial score (nSPS) is 11.5. The molecule has 150 valence electrons. The Hall–Kier alpha value is -3.17. The molecule has 0 spiro atoms. The highest BCUT2D eigenvalue weighted by molar-refractivity contribution is 6.08. The number of carbonyl (C=O) groups excluding carboxylic acids is 2. The first-order valence-electron chi connectivity index (χ1n) is 8.53. The van der Waals surface area contributed by atoms with Crippen LogP contribution in [0.1, 0.15) is 27.6 Å². The van der Waals surface area contributed by atoms with E-state index in [9.17, 15) is 9.59 Å². The molecule has 0 aliphatic carbocycles. The van der Waals surface area contributed by atoms with Crippen LogP contribution >= 0.6 is 0 Å². The lowest BCUT2D eigenvalue weighted by Crippen LogP contribution is -2.38. The van der Waals surface area contributed by atoms with Gasteiger partial charge in [-0.1, -0.05) is 0 Å². The van der Waals surface area contributed by atoms with Crippen LogP contribution in [0.3, 0.4) is 0 Å².